The number of nitrogens with one attached hydrogen (secondary N) is 1. The van der Waals surface area contributed by atoms with E-state index in [0.717, 1.165) is 26.7 Å². The van der Waals surface area contributed by atoms with Crippen LogP contribution < -0.4 is 14.5 Å². The van der Waals surface area contributed by atoms with Crippen LogP contribution >= 0.6 is 0 Å². The fourth-order valence-corrected chi connectivity index (χ4v) is 4.61. The number of hydrogen-bond acceptors (Lipinski definition) is 5. The van der Waals surface area contributed by atoms with Gasteiger partial charge < -0.3 is 4.74 Å². The SMILES string of the molecule is Cc1ccc(S(=O)(=O)N(CC(=O)N/N=C\c2ccc(OCC(C)C)cc2)c2cccc(C)c2)cc1. The molecule has 184 valence electrons. The maximum Gasteiger partial charge on any atom is 0.264 e. The number of aryl methyl sites for hydroxylation is 2. The maximum absolute atomic E-state index is 13.4. The standard InChI is InChI=1S/C27H31N3O4S/c1-20(2)19-34-25-12-10-23(11-13-25)17-28-29-27(31)18-30(24-7-5-6-22(4)16-24)35(32,33)26-14-8-21(3)9-15-26/h5-17,20H,18-19H2,1-4H3,(H,29,31)/b28-17-. The molecule has 0 unspecified atom stereocenters. The van der Waals surface area contributed by atoms with Gasteiger partial charge in [-0.3, -0.25) is 9.10 Å². The van der Waals surface area contributed by atoms with E-state index in [2.05, 4.69) is 24.4 Å². The third kappa shape index (κ3) is 7.42. The number of amides is 1. The Morgan fingerprint density at radius 2 is 1.69 bits per heavy atom. The normalized spacial score (nSPS) is 11.6. The minimum Gasteiger partial charge on any atom is -0.493 e. The summed E-state index contributed by atoms with van der Waals surface area (Å²) in [5, 5.41) is 3.99. The van der Waals surface area contributed by atoms with E-state index in [9.17, 15) is 13.2 Å². The fourth-order valence-electron chi connectivity index (χ4n) is 3.19. The van der Waals surface area contributed by atoms with Crippen molar-refractivity contribution in [2.45, 2.75) is 32.6 Å². The lowest BCUT2D eigenvalue weighted by Crippen LogP contribution is -2.39. The number of ether oxygens (including phenoxy) is 1. The van der Waals surface area contributed by atoms with E-state index in [0.29, 0.717) is 18.2 Å². The van der Waals surface area contributed by atoms with Gasteiger partial charge in [0.05, 0.1) is 23.4 Å². The number of sulfonamides is 1. The highest BCUT2D eigenvalue weighted by Gasteiger charge is 2.27. The molecule has 0 heterocycles. The Hall–Kier alpha value is -3.65. The van der Waals surface area contributed by atoms with Crippen LogP contribution in [-0.4, -0.2) is 33.7 Å². The Morgan fingerprint density at radius 3 is 2.31 bits per heavy atom. The van der Waals surface area contributed by atoms with Gasteiger partial charge in [0.25, 0.3) is 15.9 Å². The molecule has 3 aromatic carbocycles. The number of carbonyl (C=O) groups is 1. The highest BCUT2D eigenvalue weighted by Crippen LogP contribution is 2.24. The van der Waals surface area contributed by atoms with Crippen LogP contribution in [0.4, 0.5) is 5.69 Å². The molecule has 0 aromatic heterocycles. The molecule has 0 atom stereocenters. The second-order valence-electron chi connectivity index (χ2n) is 8.73. The van der Waals surface area contributed by atoms with Crippen molar-refractivity contribution in [2.24, 2.45) is 11.0 Å². The van der Waals surface area contributed by atoms with Crippen LogP contribution in [0.2, 0.25) is 0 Å². The number of anilines is 1. The number of hydrogen-bond donors (Lipinski definition) is 1. The van der Waals surface area contributed by atoms with Crippen molar-refractivity contribution in [3.05, 3.63) is 89.5 Å². The van der Waals surface area contributed by atoms with Crippen molar-refractivity contribution in [3.63, 3.8) is 0 Å². The molecule has 0 bridgehead atoms. The monoisotopic (exact) mass is 493 g/mol. The van der Waals surface area contributed by atoms with Crippen LogP contribution in [0.15, 0.2) is 82.8 Å². The molecule has 0 aliphatic rings. The van der Waals surface area contributed by atoms with Crippen LogP contribution in [0.3, 0.4) is 0 Å². The Bertz CT molecular complexity index is 1270. The zero-order valence-electron chi connectivity index (χ0n) is 20.4. The summed E-state index contributed by atoms with van der Waals surface area (Å²) in [6, 6.07) is 20.9. The summed E-state index contributed by atoms with van der Waals surface area (Å²) in [6.07, 6.45) is 1.50. The molecule has 35 heavy (non-hydrogen) atoms. The van der Waals surface area contributed by atoms with E-state index < -0.39 is 22.5 Å². The summed E-state index contributed by atoms with van der Waals surface area (Å²) in [5.41, 5.74) is 5.42. The van der Waals surface area contributed by atoms with Gasteiger partial charge in [-0.2, -0.15) is 5.10 Å². The third-order valence-corrected chi connectivity index (χ3v) is 6.84. The minimum atomic E-state index is -3.97. The molecular weight excluding hydrogens is 462 g/mol. The molecule has 3 aromatic rings. The van der Waals surface area contributed by atoms with Gasteiger partial charge in [0.2, 0.25) is 0 Å². The van der Waals surface area contributed by atoms with Gasteiger partial charge in [-0.05, 0) is 79.4 Å². The summed E-state index contributed by atoms with van der Waals surface area (Å²) < 4.78 is 33.6. The van der Waals surface area contributed by atoms with Crippen LogP contribution in [-0.2, 0) is 14.8 Å². The van der Waals surface area contributed by atoms with Crippen LogP contribution in [0.25, 0.3) is 0 Å². The van der Waals surface area contributed by atoms with Crippen molar-refractivity contribution in [2.75, 3.05) is 17.5 Å². The molecule has 0 radical (unpaired) electrons. The summed E-state index contributed by atoms with van der Waals surface area (Å²) in [5.74, 6) is 0.631. The topological polar surface area (TPSA) is 88.1 Å². The molecular formula is C27H31N3O4S. The second-order valence-corrected chi connectivity index (χ2v) is 10.6. The van der Waals surface area contributed by atoms with Gasteiger partial charge >= 0.3 is 0 Å². The van der Waals surface area contributed by atoms with E-state index in [1.165, 1.54) is 18.3 Å². The molecule has 0 saturated carbocycles. The largest absolute Gasteiger partial charge is 0.493 e. The van der Waals surface area contributed by atoms with Crippen molar-refractivity contribution >= 4 is 27.8 Å². The molecule has 3 rings (SSSR count). The average Bonchev–Trinajstić information content (AvgIpc) is 2.82. The zero-order valence-corrected chi connectivity index (χ0v) is 21.2. The van der Waals surface area contributed by atoms with Crippen LogP contribution in [0, 0.1) is 19.8 Å². The maximum atomic E-state index is 13.4. The molecule has 7 nitrogen and oxygen atoms in total. The van der Waals surface area contributed by atoms with E-state index in [1.807, 2.05) is 44.2 Å². The first-order valence-electron chi connectivity index (χ1n) is 11.4. The second kappa shape index (κ2) is 11.7. The summed E-state index contributed by atoms with van der Waals surface area (Å²) >= 11 is 0. The van der Waals surface area contributed by atoms with Crippen LogP contribution in [0.1, 0.15) is 30.5 Å². The van der Waals surface area contributed by atoms with Gasteiger partial charge in [0.15, 0.2) is 0 Å². The lowest BCUT2D eigenvalue weighted by atomic mass is 10.2. The van der Waals surface area contributed by atoms with Crippen molar-refractivity contribution in [1.82, 2.24) is 5.43 Å². The molecule has 0 aliphatic heterocycles. The first-order chi connectivity index (χ1) is 16.6. The molecule has 0 aliphatic carbocycles. The lowest BCUT2D eigenvalue weighted by Gasteiger charge is -2.24. The molecule has 0 saturated heterocycles. The van der Waals surface area contributed by atoms with Gasteiger partial charge in [-0.1, -0.05) is 43.7 Å². The predicted molar refractivity (Wildman–Crippen MR) is 139 cm³/mol. The van der Waals surface area contributed by atoms with E-state index >= 15 is 0 Å². The first kappa shape index (κ1) is 26.0. The summed E-state index contributed by atoms with van der Waals surface area (Å²) in [6.45, 7) is 8.12. The fraction of sp³-hybridized carbons (Fsp3) is 0.259. The third-order valence-electron chi connectivity index (χ3n) is 5.05. The predicted octanol–water partition coefficient (Wildman–Crippen LogP) is 4.68. The first-order valence-corrected chi connectivity index (χ1v) is 12.8. The van der Waals surface area contributed by atoms with E-state index in [-0.39, 0.29) is 4.90 Å². The van der Waals surface area contributed by atoms with E-state index in [4.69, 9.17) is 4.74 Å². The molecule has 1 N–H and O–H groups in total. The Morgan fingerprint density at radius 1 is 1.00 bits per heavy atom. The van der Waals surface area contributed by atoms with Crippen molar-refractivity contribution < 1.29 is 17.9 Å². The lowest BCUT2D eigenvalue weighted by molar-refractivity contribution is -0.119. The van der Waals surface area contributed by atoms with Crippen molar-refractivity contribution in [3.8, 4) is 5.75 Å². The zero-order chi connectivity index (χ0) is 25.4. The number of benzene rings is 3. The minimum absolute atomic E-state index is 0.112. The Balaban J connectivity index is 1.73. The van der Waals surface area contributed by atoms with Gasteiger partial charge in [-0.15, -0.1) is 0 Å². The average molecular weight is 494 g/mol. The Kier molecular flexibility index (Phi) is 8.65. The smallest absolute Gasteiger partial charge is 0.264 e. The molecule has 8 heteroatoms. The van der Waals surface area contributed by atoms with Gasteiger partial charge in [0.1, 0.15) is 12.3 Å². The Labute approximate surface area is 207 Å². The molecule has 0 spiro atoms. The molecule has 1 amide bonds. The highest BCUT2D eigenvalue weighted by molar-refractivity contribution is 7.92. The van der Waals surface area contributed by atoms with Gasteiger partial charge in [0, 0.05) is 0 Å². The van der Waals surface area contributed by atoms with Gasteiger partial charge in [-0.25, -0.2) is 13.8 Å². The van der Waals surface area contributed by atoms with Crippen molar-refractivity contribution in [1.29, 1.82) is 0 Å². The number of hydrazone groups is 1. The number of nitrogens with zero attached hydrogens (tertiary/aromatic N) is 2. The highest BCUT2D eigenvalue weighted by atomic mass is 32.2. The number of carbonyl (C=O) groups excluding carboxylic acids is 1. The van der Waals surface area contributed by atoms with Crippen LogP contribution in [0.5, 0.6) is 5.75 Å². The summed E-state index contributed by atoms with van der Waals surface area (Å²) in [4.78, 5) is 12.8. The number of rotatable bonds is 10. The van der Waals surface area contributed by atoms with E-state index in [1.54, 1.807) is 30.3 Å². The summed E-state index contributed by atoms with van der Waals surface area (Å²) in [7, 11) is -3.97. The molecule has 0 fully saturated rings. The quantitative estimate of drug-likeness (QED) is 0.328.